The van der Waals surface area contributed by atoms with E-state index in [2.05, 4.69) is 0 Å². The molecule has 7 heteroatoms. The Morgan fingerprint density at radius 1 is 1.11 bits per heavy atom. The Morgan fingerprint density at radius 2 is 1.81 bits per heavy atom. The second-order valence-electron chi connectivity index (χ2n) is 5.82. The number of hydrogen-bond donors (Lipinski definition) is 0. The molecule has 0 aliphatic heterocycles. The summed E-state index contributed by atoms with van der Waals surface area (Å²) in [6, 6.07) is 6.96. The first kappa shape index (κ1) is 20.1. The van der Waals surface area contributed by atoms with Crippen LogP contribution in [-0.2, 0) is 16.1 Å². The van der Waals surface area contributed by atoms with Gasteiger partial charge in [-0.15, -0.1) is 0 Å². The molecular formula is C20H23NO6. The van der Waals surface area contributed by atoms with Crippen molar-refractivity contribution >= 4 is 18.0 Å². The maximum Gasteiger partial charge on any atom is 0.341 e. The highest BCUT2D eigenvalue weighted by atomic mass is 16.5. The molecule has 0 fully saturated rings. The number of furan rings is 1. The van der Waals surface area contributed by atoms with Crippen LogP contribution in [0.4, 0.5) is 0 Å². The number of carbonyl (C=O) groups excluding carboxylic acids is 2. The Kier molecular flexibility index (Phi) is 6.65. The van der Waals surface area contributed by atoms with Crippen molar-refractivity contribution < 1.29 is 28.2 Å². The molecule has 1 amide bonds. The zero-order valence-electron chi connectivity index (χ0n) is 16.1. The van der Waals surface area contributed by atoms with E-state index in [9.17, 15) is 9.59 Å². The highest BCUT2D eigenvalue weighted by Gasteiger charge is 2.17. The van der Waals surface area contributed by atoms with E-state index in [0.29, 0.717) is 28.6 Å². The van der Waals surface area contributed by atoms with Crippen molar-refractivity contribution in [2.75, 3.05) is 28.4 Å². The van der Waals surface area contributed by atoms with Crippen molar-refractivity contribution in [1.82, 2.24) is 4.90 Å². The number of benzene rings is 1. The number of amides is 1. The lowest BCUT2D eigenvalue weighted by Crippen LogP contribution is -2.23. The topological polar surface area (TPSA) is 78.2 Å². The molecule has 2 aromatic rings. The molecule has 0 unspecified atom stereocenters. The van der Waals surface area contributed by atoms with E-state index in [1.807, 2.05) is 6.07 Å². The van der Waals surface area contributed by atoms with E-state index in [4.69, 9.17) is 18.6 Å². The van der Waals surface area contributed by atoms with Crippen molar-refractivity contribution in [3.05, 3.63) is 53.0 Å². The largest absolute Gasteiger partial charge is 0.493 e. The minimum absolute atomic E-state index is 0.210. The maximum atomic E-state index is 12.3. The number of rotatable bonds is 7. The molecule has 1 aromatic carbocycles. The molecule has 0 radical (unpaired) electrons. The number of likely N-dealkylation sites (N-methyl/N-ethyl adjacent to an activating group) is 1. The molecule has 1 aromatic heterocycles. The van der Waals surface area contributed by atoms with Crippen LogP contribution in [0.1, 0.15) is 27.4 Å². The van der Waals surface area contributed by atoms with Crippen molar-refractivity contribution in [1.29, 1.82) is 0 Å². The van der Waals surface area contributed by atoms with Crippen LogP contribution < -0.4 is 9.47 Å². The fraction of sp³-hybridized carbons (Fsp3) is 0.300. The van der Waals surface area contributed by atoms with Gasteiger partial charge in [-0.05, 0) is 36.8 Å². The Labute approximate surface area is 158 Å². The van der Waals surface area contributed by atoms with Crippen LogP contribution in [0, 0.1) is 6.92 Å². The number of esters is 1. The number of ether oxygens (including phenoxy) is 3. The van der Waals surface area contributed by atoms with E-state index in [0.717, 1.165) is 5.56 Å². The second-order valence-corrected chi connectivity index (χ2v) is 5.82. The van der Waals surface area contributed by atoms with E-state index in [1.165, 1.54) is 18.1 Å². The molecule has 0 spiro atoms. The van der Waals surface area contributed by atoms with Gasteiger partial charge in [-0.2, -0.15) is 0 Å². The molecule has 0 bridgehead atoms. The summed E-state index contributed by atoms with van der Waals surface area (Å²) in [6.45, 7) is 1.90. The smallest absolute Gasteiger partial charge is 0.341 e. The van der Waals surface area contributed by atoms with Crippen LogP contribution in [0.5, 0.6) is 11.5 Å². The average Bonchev–Trinajstić information content (AvgIpc) is 3.04. The summed E-state index contributed by atoms with van der Waals surface area (Å²) in [7, 11) is 6.08. The predicted octanol–water partition coefficient (Wildman–Crippen LogP) is 3.06. The van der Waals surface area contributed by atoms with Gasteiger partial charge in [-0.3, -0.25) is 4.79 Å². The molecule has 0 saturated carbocycles. The molecular weight excluding hydrogens is 350 g/mol. The molecule has 27 heavy (non-hydrogen) atoms. The number of aryl methyl sites for hydroxylation is 1. The van der Waals surface area contributed by atoms with Gasteiger partial charge in [0.15, 0.2) is 11.5 Å². The number of carbonyl (C=O) groups is 2. The minimum Gasteiger partial charge on any atom is -0.493 e. The number of methoxy groups -OCH3 is 3. The molecule has 1 heterocycles. The van der Waals surface area contributed by atoms with E-state index >= 15 is 0 Å². The zero-order valence-corrected chi connectivity index (χ0v) is 16.1. The third-order valence-electron chi connectivity index (χ3n) is 3.97. The standard InChI is InChI=1S/C20H23NO6/c1-13-16(20(23)26-5)11-15(27-13)12-21(2)19(22)9-7-14-6-8-17(24-3)18(10-14)25-4/h6-11H,12H2,1-5H3/b9-7+. The lowest BCUT2D eigenvalue weighted by molar-refractivity contribution is -0.125. The normalized spacial score (nSPS) is 10.7. The molecule has 0 aliphatic carbocycles. The Bertz CT molecular complexity index is 852. The summed E-state index contributed by atoms with van der Waals surface area (Å²) in [5.41, 5.74) is 1.16. The van der Waals surface area contributed by atoms with Crippen LogP contribution in [0.15, 0.2) is 34.8 Å². The van der Waals surface area contributed by atoms with Crippen molar-refractivity contribution in [2.45, 2.75) is 13.5 Å². The fourth-order valence-corrected chi connectivity index (χ4v) is 2.50. The summed E-state index contributed by atoms with van der Waals surface area (Å²) >= 11 is 0. The summed E-state index contributed by atoms with van der Waals surface area (Å²) < 4.78 is 20.7. The number of nitrogens with zero attached hydrogens (tertiary/aromatic N) is 1. The first-order valence-corrected chi connectivity index (χ1v) is 8.22. The zero-order chi connectivity index (χ0) is 20.0. The minimum atomic E-state index is -0.468. The van der Waals surface area contributed by atoms with Gasteiger partial charge < -0.3 is 23.5 Å². The van der Waals surface area contributed by atoms with Gasteiger partial charge in [0.2, 0.25) is 5.91 Å². The lowest BCUT2D eigenvalue weighted by atomic mass is 10.2. The first-order chi connectivity index (χ1) is 12.9. The van der Waals surface area contributed by atoms with Crippen molar-refractivity contribution in [3.63, 3.8) is 0 Å². The van der Waals surface area contributed by atoms with Gasteiger partial charge in [-0.25, -0.2) is 4.79 Å². The van der Waals surface area contributed by atoms with Crippen LogP contribution in [0.2, 0.25) is 0 Å². The molecule has 144 valence electrons. The van der Waals surface area contributed by atoms with Crippen LogP contribution in [0.25, 0.3) is 6.08 Å². The Hall–Kier alpha value is -3.22. The second kappa shape index (κ2) is 8.93. The maximum absolute atomic E-state index is 12.3. The van der Waals surface area contributed by atoms with Gasteiger partial charge in [0.25, 0.3) is 0 Å². The average molecular weight is 373 g/mol. The summed E-state index contributed by atoms with van der Waals surface area (Å²) in [4.78, 5) is 25.4. The van der Waals surface area contributed by atoms with Gasteiger partial charge in [0.1, 0.15) is 17.1 Å². The van der Waals surface area contributed by atoms with Crippen molar-refractivity contribution in [2.24, 2.45) is 0 Å². The van der Waals surface area contributed by atoms with Crippen LogP contribution >= 0.6 is 0 Å². The predicted molar refractivity (Wildman–Crippen MR) is 99.8 cm³/mol. The highest BCUT2D eigenvalue weighted by molar-refractivity contribution is 5.92. The van der Waals surface area contributed by atoms with Gasteiger partial charge in [-0.1, -0.05) is 6.07 Å². The quantitative estimate of drug-likeness (QED) is 0.548. The van der Waals surface area contributed by atoms with Gasteiger partial charge >= 0.3 is 5.97 Å². The highest BCUT2D eigenvalue weighted by Crippen LogP contribution is 2.28. The lowest BCUT2D eigenvalue weighted by Gasteiger charge is -2.13. The third-order valence-corrected chi connectivity index (χ3v) is 3.97. The number of hydrogen-bond acceptors (Lipinski definition) is 6. The molecule has 0 N–H and O–H groups in total. The van der Waals surface area contributed by atoms with Gasteiger partial charge in [0, 0.05) is 13.1 Å². The third kappa shape index (κ3) is 4.91. The Morgan fingerprint density at radius 3 is 2.44 bits per heavy atom. The van der Waals surface area contributed by atoms with Crippen LogP contribution in [-0.4, -0.2) is 45.2 Å². The van der Waals surface area contributed by atoms with Gasteiger partial charge in [0.05, 0.1) is 27.9 Å². The van der Waals surface area contributed by atoms with E-state index < -0.39 is 5.97 Å². The molecule has 0 aliphatic rings. The summed E-state index contributed by atoms with van der Waals surface area (Å²) in [5, 5.41) is 0. The SMILES string of the molecule is COC(=O)c1cc(CN(C)C(=O)/C=C/c2ccc(OC)c(OC)c2)oc1C. The molecule has 0 atom stereocenters. The van der Waals surface area contributed by atoms with Crippen LogP contribution in [0.3, 0.4) is 0 Å². The summed E-state index contributed by atoms with van der Waals surface area (Å²) in [6.07, 6.45) is 3.15. The summed E-state index contributed by atoms with van der Waals surface area (Å²) in [5.74, 6) is 1.49. The van der Waals surface area contributed by atoms with Crippen molar-refractivity contribution in [3.8, 4) is 11.5 Å². The molecule has 7 nitrogen and oxygen atoms in total. The van der Waals surface area contributed by atoms with E-state index in [-0.39, 0.29) is 12.5 Å². The molecule has 0 saturated heterocycles. The Balaban J connectivity index is 2.05. The fourth-order valence-electron chi connectivity index (χ4n) is 2.50. The van der Waals surface area contributed by atoms with E-state index in [1.54, 1.807) is 52.5 Å². The monoisotopic (exact) mass is 373 g/mol. The first-order valence-electron chi connectivity index (χ1n) is 8.22. The molecule has 2 rings (SSSR count).